The Morgan fingerprint density at radius 1 is 1.45 bits per heavy atom. The van der Waals surface area contributed by atoms with Crippen molar-refractivity contribution in [2.24, 2.45) is 16.1 Å². The Labute approximate surface area is 116 Å². The van der Waals surface area contributed by atoms with E-state index in [4.69, 9.17) is 6.42 Å². The maximum atomic E-state index is 12.1. The second-order valence-electron chi connectivity index (χ2n) is 5.23. The Morgan fingerprint density at radius 3 is 2.70 bits per heavy atom. The van der Waals surface area contributed by atoms with Gasteiger partial charge in [-0.1, -0.05) is 0 Å². The van der Waals surface area contributed by atoms with Gasteiger partial charge in [0.05, 0.1) is 12.5 Å². The molecule has 2 aliphatic heterocycles. The second-order valence-corrected chi connectivity index (χ2v) is 5.23. The SMILES string of the molecule is C#CCCC1(CCNC(=O)C2CN(CC(F)F)C2)N=N1. The summed E-state index contributed by atoms with van der Waals surface area (Å²) in [6, 6.07) is 0. The van der Waals surface area contributed by atoms with Crippen LogP contribution >= 0.6 is 0 Å². The molecule has 1 amide bonds. The number of hydrogen-bond acceptors (Lipinski definition) is 4. The monoisotopic (exact) mass is 284 g/mol. The van der Waals surface area contributed by atoms with Crippen LogP contribution in [0.25, 0.3) is 0 Å². The van der Waals surface area contributed by atoms with Crippen molar-refractivity contribution in [2.75, 3.05) is 26.2 Å². The number of nitrogens with zero attached hydrogens (tertiary/aromatic N) is 3. The van der Waals surface area contributed by atoms with E-state index in [1.54, 1.807) is 4.90 Å². The van der Waals surface area contributed by atoms with Gasteiger partial charge < -0.3 is 5.32 Å². The van der Waals surface area contributed by atoms with Crippen molar-refractivity contribution >= 4 is 5.91 Å². The molecule has 0 unspecified atom stereocenters. The topological polar surface area (TPSA) is 57.1 Å². The minimum atomic E-state index is -2.34. The van der Waals surface area contributed by atoms with Crippen LogP contribution < -0.4 is 5.32 Å². The van der Waals surface area contributed by atoms with Gasteiger partial charge in [-0.15, -0.1) is 12.3 Å². The molecule has 0 aromatic heterocycles. The van der Waals surface area contributed by atoms with Gasteiger partial charge in [0.2, 0.25) is 5.91 Å². The Bertz CT molecular complexity index is 421. The van der Waals surface area contributed by atoms with Crippen LogP contribution in [0.4, 0.5) is 8.78 Å². The number of likely N-dealkylation sites (tertiary alicyclic amines) is 1. The first-order chi connectivity index (χ1) is 9.54. The Balaban J connectivity index is 1.57. The summed E-state index contributed by atoms with van der Waals surface area (Å²) in [6.07, 6.45) is 4.83. The summed E-state index contributed by atoms with van der Waals surface area (Å²) in [4.78, 5) is 13.3. The van der Waals surface area contributed by atoms with Crippen molar-refractivity contribution in [3.8, 4) is 12.3 Å². The highest BCUT2D eigenvalue weighted by Crippen LogP contribution is 2.36. The van der Waals surface area contributed by atoms with E-state index < -0.39 is 6.43 Å². The van der Waals surface area contributed by atoms with Crippen molar-refractivity contribution < 1.29 is 13.6 Å². The summed E-state index contributed by atoms with van der Waals surface area (Å²) in [5, 5.41) is 10.8. The molecule has 2 aliphatic rings. The number of carbonyl (C=O) groups is 1. The van der Waals surface area contributed by atoms with Gasteiger partial charge in [-0.25, -0.2) is 8.78 Å². The van der Waals surface area contributed by atoms with Gasteiger partial charge >= 0.3 is 0 Å². The lowest BCUT2D eigenvalue weighted by molar-refractivity contribution is -0.131. The van der Waals surface area contributed by atoms with Crippen molar-refractivity contribution in [1.82, 2.24) is 10.2 Å². The summed E-state index contributed by atoms with van der Waals surface area (Å²) < 4.78 is 24.2. The lowest BCUT2D eigenvalue weighted by Crippen LogP contribution is -2.54. The zero-order chi connectivity index (χ0) is 14.6. The number of nitrogens with one attached hydrogen (secondary N) is 1. The first-order valence-corrected chi connectivity index (χ1v) is 6.70. The molecule has 110 valence electrons. The predicted molar refractivity (Wildman–Crippen MR) is 69.2 cm³/mol. The van der Waals surface area contributed by atoms with Crippen LogP contribution in [0, 0.1) is 18.3 Å². The van der Waals surface area contributed by atoms with E-state index >= 15 is 0 Å². The van der Waals surface area contributed by atoms with Gasteiger partial charge in [-0.2, -0.15) is 10.2 Å². The quantitative estimate of drug-likeness (QED) is 0.682. The molecule has 0 bridgehead atoms. The van der Waals surface area contributed by atoms with E-state index in [-0.39, 0.29) is 24.0 Å². The molecule has 0 aromatic carbocycles. The molecule has 2 heterocycles. The lowest BCUT2D eigenvalue weighted by atomic mass is 9.99. The fourth-order valence-corrected chi connectivity index (χ4v) is 2.28. The molecule has 0 atom stereocenters. The molecule has 2 rings (SSSR count). The van der Waals surface area contributed by atoms with Crippen LogP contribution in [0.5, 0.6) is 0 Å². The number of amides is 1. The third-order valence-electron chi connectivity index (χ3n) is 3.60. The third-order valence-corrected chi connectivity index (χ3v) is 3.60. The molecule has 1 N–H and O–H groups in total. The van der Waals surface area contributed by atoms with Crippen molar-refractivity contribution in [3.05, 3.63) is 0 Å². The second kappa shape index (κ2) is 6.27. The van der Waals surface area contributed by atoms with Gasteiger partial charge in [0.1, 0.15) is 0 Å². The number of carbonyl (C=O) groups excluding carboxylic acids is 1. The number of terminal acetylenes is 1. The molecule has 5 nitrogen and oxygen atoms in total. The molecule has 1 fully saturated rings. The summed E-state index contributed by atoms with van der Waals surface area (Å²) in [7, 11) is 0. The molecule has 20 heavy (non-hydrogen) atoms. The summed E-state index contributed by atoms with van der Waals surface area (Å²) >= 11 is 0. The molecular weight excluding hydrogens is 266 g/mol. The maximum Gasteiger partial charge on any atom is 0.251 e. The normalized spacial score (nSPS) is 20.5. The summed E-state index contributed by atoms with van der Waals surface area (Å²) in [5.41, 5.74) is -0.388. The third kappa shape index (κ3) is 3.97. The number of hydrogen-bond donors (Lipinski definition) is 1. The first kappa shape index (κ1) is 14.9. The van der Waals surface area contributed by atoms with Gasteiger partial charge in [0.15, 0.2) is 5.66 Å². The fraction of sp³-hybridized carbons (Fsp3) is 0.769. The summed E-state index contributed by atoms with van der Waals surface area (Å²) in [5.74, 6) is 2.29. The molecule has 0 aromatic rings. The lowest BCUT2D eigenvalue weighted by Gasteiger charge is -2.37. The maximum absolute atomic E-state index is 12.1. The van der Waals surface area contributed by atoms with Gasteiger partial charge in [0, 0.05) is 38.9 Å². The van der Waals surface area contributed by atoms with Crippen LogP contribution in [-0.4, -0.2) is 49.1 Å². The van der Waals surface area contributed by atoms with Gasteiger partial charge in [-0.3, -0.25) is 9.69 Å². The predicted octanol–water partition coefficient (Wildman–Crippen LogP) is 1.27. The van der Waals surface area contributed by atoms with E-state index in [2.05, 4.69) is 21.5 Å². The Morgan fingerprint density at radius 2 is 2.15 bits per heavy atom. The molecule has 0 aliphatic carbocycles. The zero-order valence-electron chi connectivity index (χ0n) is 11.2. The molecule has 7 heteroatoms. The largest absolute Gasteiger partial charge is 0.356 e. The van der Waals surface area contributed by atoms with Crippen LogP contribution in [0.2, 0.25) is 0 Å². The number of rotatable bonds is 8. The minimum absolute atomic E-state index is 0.0803. The highest BCUT2D eigenvalue weighted by atomic mass is 19.3. The van der Waals surface area contributed by atoms with Crippen LogP contribution in [0.3, 0.4) is 0 Å². The summed E-state index contributed by atoms with van der Waals surface area (Å²) in [6.45, 7) is 1.05. The average Bonchev–Trinajstić information content (AvgIpc) is 3.11. The molecule has 0 radical (unpaired) electrons. The van der Waals surface area contributed by atoms with E-state index in [1.165, 1.54) is 0 Å². The molecular formula is C13H18F2N4O. The van der Waals surface area contributed by atoms with E-state index in [0.29, 0.717) is 38.9 Å². The molecule has 0 spiro atoms. The average molecular weight is 284 g/mol. The first-order valence-electron chi connectivity index (χ1n) is 6.70. The number of alkyl halides is 2. The Hall–Kier alpha value is -1.55. The zero-order valence-corrected chi connectivity index (χ0v) is 11.2. The smallest absolute Gasteiger partial charge is 0.251 e. The Kier molecular flexibility index (Phi) is 4.65. The van der Waals surface area contributed by atoms with Crippen molar-refractivity contribution in [1.29, 1.82) is 0 Å². The van der Waals surface area contributed by atoms with Crippen molar-refractivity contribution in [3.63, 3.8) is 0 Å². The van der Waals surface area contributed by atoms with Crippen molar-refractivity contribution in [2.45, 2.75) is 31.4 Å². The van der Waals surface area contributed by atoms with E-state index in [1.807, 2.05) is 0 Å². The van der Waals surface area contributed by atoms with E-state index in [0.717, 1.165) is 0 Å². The molecule has 0 saturated carbocycles. The minimum Gasteiger partial charge on any atom is -0.356 e. The van der Waals surface area contributed by atoms with Gasteiger partial charge in [0.25, 0.3) is 6.43 Å². The standard InChI is InChI=1S/C13H18F2N4O/c1-2-3-4-13(17-18-13)5-6-16-12(20)10-7-19(8-10)9-11(14)15/h1,10-11H,3-9H2,(H,16,20). The van der Waals surface area contributed by atoms with Crippen LogP contribution in [-0.2, 0) is 4.79 Å². The fourth-order valence-electron chi connectivity index (χ4n) is 2.28. The van der Waals surface area contributed by atoms with Gasteiger partial charge in [-0.05, 0) is 0 Å². The number of halogens is 2. The highest BCUT2D eigenvalue weighted by Gasteiger charge is 2.39. The highest BCUT2D eigenvalue weighted by molar-refractivity contribution is 5.80. The van der Waals surface area contributed by atoms with E-state index in [9.17, 15) is 13.6 Å². The van der Waals surface area contributed by atoms with Crippen LogP contribution in [0.1, 0.15) is 19.3 Å². The van der Waals surface area contributed by atoms with Crippen LogP contribution in [0.15, 0.2) is 10.2 Å². The molecule has 1 saturated heterocycles.